The van der Waals surface area contributed by atoms with Crippen LogP contribution in [0.3, 0.4) is 0 Å². The molecule has 0 fully saturated rings. The van der Waals surface area contributed by atoms with Crippen LogP contribution in [0.1, 0.15) is 71.6 Å². The quantitative estimate of drug-likeness (QED) is 0.436. The van der Waals surface area contributed by atoms with Crippen molar-refractivity contribution in [2.45, 2.75) is 84.5 Å². The number of nitrogens with zero attached hydrogens (tertiary/aromatic N) is 1. The van der Waals surface area contributed by atoms with Gasteiger partial charge in [-0.15, -0.1) is 6.58 Å². The normalized spacial score (nSPS) is 13.2. The number of amides is 4. The fourth-order valence-corrected chi connectivity index (χ4v) is 3.32. The highest BCUT2D eigenvalue weighted by molar-refractivity contribution is 5.92. The van der Waals surface area contributed by atoms with Crippen molar-refractivity contribution in [3.05, 3.63) is 48.0 Å². The second kappa shape index (κ2) is 12.4. The van der Waals surface area contributed by atoms with E-state index >= 15 is 0 Å². The van der Waals surface area contributed by atoms with Gasteiger partial charge < -0.3 is 26.0 Å². The monoisotopic (exact) mass is 488 g/mol. The Morgan fingerprint density at radius 2 is 1.66 bits per heavy atom. The van der Waals surface area contributed by atoms with Crippen molar-refractivity contribution in [2.75, 3.05) is 6.54 Å². The van der Waals surface area contributed by atoms with E-state index in [1.165, 1.54) is 11.0 Å². The summed E-state index contributed by atoms with van der Waals surface area (Å²) in [4.78, 5) is 52.5. The maximum absolute atomic E-state index is 13.8. The van der Waals surface area contributed by atoms with Gasteiger partial charge in [0.2, 0.25) is 17.7 Å². The van der Waals surface area contributed by atoms with E-state index in [9.17, 15) is 19.2 Å². The highest BCUT2D eigenvalue weighted by Crippen LogP contribution is 2.25. The molecule has 4 N–H and O–H groups in total. The molecule has 1 aromatic carbocycles. The van der Waals surface area contributed by atoms with Gasteiger partial charge in [0.05, 0.1) is 0 Å². The first kappa shape index (κ1) is 29.7. The van der Waals surface area contributed by atoms with E-state index in [1.54, 1.807) is 32.9 Å². The molecule has 9 nitrogen and oxygen atoms in total. The summed E-state index contributed by atoms with van der Waals surface area (Å²) in [5.41, 5.74) is 5.55. The van der Waals surface area contributed by atoms with E-state index in [1.807, 2.05) is 39.8 Å². The summed E-state index contributed by atoms with van der Waals surface area (Å²) < 4.78 is 5.30. The predicted molar refractivity (Wildman–Crippen MR) is 135 cm³/mol. The molecule has 4 amide bonds. The molecular formula is C26H40N4O5. The van der Waals surface area contributed by atoms with E-state index in [4.69, 9.17) is 10.5 Å². The van der Waals surface area contributed by atoms with Crippen LogP contribution in [0.4, 0.5) is 4.79 Å². The molecule has 0 radical (unpaired) electrons. The van der Waals surface area contributed by atoms with Crippen molar-refractivity contribution in [3.8, 4) is 0 Å². The van der Waals surface area contributed by atoms with Gasteiger partial charge >= 0.3 is 6.09 Å². The molecule has 0 bridgehead atoms. The van der Waals surface area contributed by atoms with Crippen molar-refractivity contribution >= 4 is 23.8 Å². The van der Waals surface area contributed by atoms with E-state index < -0.39 is 41.1 Å². The average Bonchev–Trinajstić information content (AvgIpc) is 2.68. The van der Waals surface area contributed by atoms with Crippen LogP contribution in [0.5, 0.6) is 0 Å². The molecule has 0 heterocycles. The number of nitrogens with one attached hydrogen (secondary N) is 2. The zero-order chi connectivity index (χ0) is 27.0. The predicted octanol–water partition coefficient (Wildman–Crippen LogP) is 3.12. The zero-order valence-corrected chi connectivity index (χ0v) is 21.9. The summed E-state index contributed by atoms with van der Waals surface area (Å²) in [7, 11) is 0. The highest BCUT2D eigenvalue weighted by atomic mass is 16.6. The standard InChI is InChI=1S/C26H40N4O5/c1-9-16-30(21(22(32)29-25(3,4)5)18-12-10-17(2)11-13-18)23(33)19(14-15-20(27)31)28-24(34)35-26(6,7)8/h9-13,19,21H,1,14-16H2,2-8H3,(H2,27,31)(H,28,34)(H,29,32). The Bertz CT molecular complexity index is 913. The summed E-state index contributed by atoms with van der Waals surface area (Å²) in [6.45, 7) is 16.3. The van der Waals surface area contributed by atoms with Crippen LogP contribution in [0.25, 0.3) is 0 Å². The number of carbonyl (C=O) groups excluding carboxylic acids is 4. The maximum Gasteiger partial charge on any atom is 0.408 e. The van der Waals surface area contributed by atoms with E-state index in [-0.39, 0.29) is 25.3 Å². The second-order valence-electron chi connectivity index (χ2n) is 10.5. The number of rotatable bonds is 10. The van der Waals surface area contributed by atoms with Crippen LogP contribution < -0.4 is 16.4 Å². The minimum Gasteiger partial charge on any atom is -0.444 e. The van der Waals surface area contributed by atoms with Crippen molar-refractivity contribution in [1.29, 1.82) is 0 Å². The van der Waals surface area contributed by atoms with E-state index in [2.05, 4.69) is 17.2 Å². The molecule has 0 saturated carbocycles. The maximum atomic E-state index is 13.8. The van der Waals surface area contributed by atoms with Gasteiger partial charge in [-0.2, -0.15) is 0 Å². The minimum atomic E-state index is -1.15. The molecule has 9 heteroatoms. The van der Waals surface area contributed by atoms with Gasteiger partial charge in [0.15, 0.2) is 0 Å². The summed E-state index contributed by atoms with van der Waals surface area (Å²) in [5, 5.41) is 5.48. The van der Waals surface area contributed by atoms with Crippen LogP contribution >= 0.6 is 0 Å². The Hall–Kier alpha value is -3.36. The molecule has 0 saturated heterocycles. The van der Waals surface area contributed by atoms with Crippen molar-refractivity contribution in [3.63, 3.8) is 0 Å². The van der Waals surface area contributed by atoms with Crippen LogP contribution in [0, 0.1) is 6.92 Å². The molecule has 194 valence electrons. The molecular weight excluding hydrogens is 448 g/mol. The van der Waals surface area contributed by atoms with Crippen molar-refractivity contribution in [1.82, 2.24) is 15.5 Å². The number of ether oxygens (including phenoxy) is 1. The molecule has 0 aromatic heterocycles. The highest BCUT2D eigenvalue weighted by Gasteiger charge is 2.36. The van der Waals surface area contributed by atoms with Gasteiger partial charge in [-0.25, -0.2) is 4.79 Å². The SMILES string of the molecule is C=CCN(C(=O)C(CCC(N)=O)NC(=O)OC(C)(C)C)C(C(=O)NC(C)(C)C)c1ccc(C)cc1. The number of aryl methyl sites for hydroxylation is 1. The van der Waals surface area contributed by atoms with Gasteiger partial charge in [0.25, 0.3) is 0 Å². The van der Waals surface area contributed by atoms with Crippen LogP contribution in [0.15, 0.2) is 36.9 Å². The lowest BCUT2D eigenvalue weighted by Gasteiger charge is -2.35. The largest absolute Gasteiger partial charge is 0.444 e. The van der Waals surface area contributed by atoms with Gasteiger partial charge in [0.1, 0.15) is 17.7 Å². The smallest absolute Gasteiger partial charge is 0.408 e. The summed E-state index contributed by atoms with van der Waals surface area (Å²) >= 11 is 0. The first-order valence-electron chi connectivity index (χ1n) is 11.6. The third-order valence-electron chi connectivity index (χ3n) is 4.73. The Balaban J connectivity index is 3.46. The molecule has 0 aliphatic carbocycles. The van der Waals surface area contributed by atoms with Gasteiger partial charge in [0, 0.05) is 18.5 Å². The number of primary amides is 1. The van der Waals surface area contributed by atoms with Crippen LogP contribution in [-0.2, 0) is 19.1 Å². The molecule has 0 aliphatic heterocycles. The number of carbonyl (C=O) groups is 4. The molecule has 0 spiro atoms. The molecule has 1 rings (SSSR count). The summed E-state index contributed by atoms with van der Waals surface area (Å²) in [6, 6.07) is 5.13. The molecule has 2 atom stereocenters. The average molecular weight is 489 g/mol. The lowest BCUT2D eigenvalue weighted by molar-refractivity contribution is -0.142. The van der Waals surface area contributed by atoms with Gasteiger partial charge in [-0.3, -0.25) is 14.4 Å². The number of nitrogens with two attached hydrogens (primary N) is 1. The number of alkyl carbamates (subject to hydrolysis) is 1. The van der Waals surface area contributed by atoms with Gasteiger partial charge in [-0.1, -0.05) is 35.9 Å². The van der Waals surface area contributed by atoms with E-state index in [0.717, 1.165) is 5.56 Å². The van der Waals surface area contributed by atoms with Crippen molar-refractivity contribution < 1.29 is 23.9 Å². The lowest BCUT2D eigenvalue weighted by atomic mass is 9.99. The summed E-state index contributed by atoms with van der Waals surface area (Å²) in [5.74, 6) is -1.57. The topological polar surface area (TPSA) is 131 Å². The first-order valence-corrected chi connectivity index (χ1v) is 11.6. The third kappa shape index (κ3) is 10.6. The molecule has 35 heavy (non-hydrogen) atoms. The summed E-state index contributed by atoms with van der Waals surface area (Å²) in [6.07, 6.45) is 0.493. The minimum absolute atomic E-state index is 0.0258. The van der Waals surface area contributed by atoms with Crippen LogP contribution in [-0.4, -0.2) is 52.4 Å². The fourth-order valence-electron chi connectivity index (χ4n) is 3.32. The molecule has 0 aliphatic rings. The third-order valence-corrected chi connectivity index (χ3v) is 4.73. The number of benzene rings is 1. The van der Waals surface area contributed by atoms with Gasteiger partial charge in [-0.05, 0) is 60.5 Å². The number of hydrogen-bond acceptors (Lipinski definition) is 5. The first-order chi connectivity index (χ1) is 16.0. The zero-order valence-electron chi connectivity index (χ0n) is 21.9. The number of hydrogen-bond donors (Lipinski definition) is 3. The molecule has 1 aromatic rings. The Kier molecular flexibility index (Phi) is 10.5. The second-order valence-corrected chi connectivity index (χ2v) is 10.5. The molecule has 2 unspecified atom stereocenters. The van der Waals surface area contributed by atoms with E-state index in [0.29, 0.717) is 5.56 Å². The Morgan fingerprint density at radius 3 is 2.11 bits per heavy atom. The lowest BCUT2D eigenvalue weighted by Crippen LogP contribution is -2.54. The van der Waals surface area contributed by atoms with Crippen molar-refractivity contribution in [2.24, 2.45) is 5.73 Å². The van der Waals surface area contributed by atoms with Crippen LogP contribution in [0.2, 0.25) is 0 Å². The Labute approximate surface area is 208 Å². The Morgan fingerprint density at radius 1 is 1.09 bits per heavy atom. The fraction of sp³-hybridized carbons (Fsp3) is 0.538.